The van der Waals surface area contributed by atoms with Gasteiger partial charge in [0.05, 0.1) is 12.8 Å². The molecule has 0 atom stereocenters. The maximum Gasteiger partial charge on any atom is 0.122 e. The summed E-state index contributed by atoms with van der Waals surface area (Å²) in [5.74, 6) is 1.11. The van der Waals surface area contributed by atoms with Gasteiger partial charge in [-0.1, -0.05) is 19.1 Å². The van der Waals surface area contributed by atoms with Gasteiger partial charge < -0.3 is 9.73 Å². The monoisotopic (exact) mass is 234 g/mol. The lowest BCUT2D eigenvalue weighted by Crippen LogP contribution is -2.27. The second-order valence-corrected chi connectivity index (χ2v) is 4.54. The fourth-order valence-corrected chi connectivity index (χ4v) is 2.10. The molecule has 0 aliphatic carbocycles. The molecule has 0 saturated carbocycles. The van der Waals surface area contributed by atoms with E-state index in [0.29, 0.717) is 0 Å². The van der Waals surface area contributed by atoms with Crippen LogP contribution in [0.25, 0.3) is 0 Å². The minimum Gasteiger partial charge on any atom is -0.468 e. The van der Waals surface area contributed by atoms with Crippen molar-refractivity contribution in [1.29, 1.82) is 0 Å². The first-order chi connectivity index (χ1) is 8.40. The van der Waals surface area contributed by atoms with Crippen LogP contribution in [0.2, 0.25) is 0 Å². The molecule has 0 aromatic carbocycles. The summed E-state index contributed by atoms with van der Waals surface area (Å²) >= 11 is 0. The topological polar surface area (TPSA) is 28.4 Å². The van der Waals surface area contributed by atoms with Gasteiger partial charge in [-0.05, 0) is 25.5 Å². The highest BCUT2D eigenvalue weighted by molar-refractivity contribution is 5.17. The zero-order chi connectivity index (χ0) is 11.9. The Morgan fingerprint density at radius 3 is 3.12 bits per heavy atom. The quantitative estimate of drug-likeness (QED) is 0.605. The van der Waals surface area contributed by atoms with Gasteiger partial charge in [0, 0.05) is 25.2 Å². The molecular formula is C14H22N2O. The third-order valence-electron chi connectivity index (χ3n) is 3.09. The number of furan rings is 1. The van der Waals surface area contributed by atoms with Crippen molar-refractivity contribution in [3.05, 3.63) is 35.8 Å². The van der Waals surface area contributed by atoms with Crippen LogP contribution in [0.4, 0.5) is 0 Å². The minimum atomic E-state index is 0.920. The SMILES string of the molecule is CCCNCc1ccoc1CN1CC=CCC1. The maximum absolute atomic E-state index is 5.59. The van der Waals surface area contributed by atoms with Crippen molar-refractivity contribution in [2.45, 2.75) is 32.9 Å². The van der Waals surface area contributed by atoms with Crippen LogP contribution in [-0.4, -0.2) is 24.5 Å². The van der Waals surface area contributed by atoms with Gasteiger partial charge in [0.1, 0.15) is 5.76 Å². The molecule has 3 heteroatoms. The van der Waals surface area contributed by atoms with Crippen molar-refractivity contribution in [3.63, 3.8) is 0 Å². The fraction of sp³-hybridized carbons (Fsp3) is 0.571. The number of hydrogen-bond acceptors (Lipinski definition) is 3. The van der Waals surface area contributed by atoms with E-state index in [9.17, 15) is 0 Å². The Kier molecular flexibility index (Phi) is 4.83. The standard InChI is InChI=1S/C14H22N2O/c1-2-7-15-11-13-6-10-17-14(13)12-16-8-4-3-5-9-16/h3-4,6,10,15H,2,5,7-9,11-12H2,1H3. The first-order valence-electron chi connectivity index (χ1n) is 6.53. The minimum absolute atomic E-state index is 0.920. The van der Waals surface area contributed by atoms with Gasteiger partial charge in [-0.25, -0.2) is 0 Å². The van der Waals surface area contributed by atoms with E-state index in [-0.39, 0.29) is 0 Å². The second kappa shape index (κ2) is 6.62. The van der Waals surface area contributed by atoms with Crippen molar-refractivity contribution < 1.29 is 4.42 Å². The van der Waals surface area contributed by atoms with E-state index in [4.69, 9.17) is 4.42 Å². The summed E-state index contributed by atoms with van der Waals surface area (Å²) in [6.45, 7) is 7.28. The van der Waals surface area contributed by atoms with Crippen LogP contribution in [0, 0.1) is 0 Å². The molecule has 94 valence electrons. The molecule has 2 heterocycles. The van der Waals surface area contributed by atoms with Gasteiger partial charge in [0.2, 0.25) is 0 Å². The average molecular weight is 234 g/mol. The van der Waals surface area contributed by atoms with E-state index >= 15 is 0 Å². The van der Waals surface area contributed by atoms with Crippen molar-refractivity contribution in [2.24, 2.45) is 0 Å². The van der Waals surface area contributed by atoms with Crippen LogP contribution < -0.4 is 5.32 Å². The number of nitrogens with one attached hydrogen (secondary N) is 1. The van der Waals surface area contributed by atoms with E-state index in [1.807, 2.05) is 0 Å². The molecule has 2 rings (SSSR count). The molecule has 3 nitrogen and oxygen atoms in total. The highest BCUT2D eigenvalue weighted by Gasteiger charge is 2.12. The van der Waals surface area contributed by atoms with Gasteiger partial charge in [-0.2, -0.15) is 0 Å². The first kappa shape index (κ1) is 12.4. The molecule has 0 saturated heterocycles. The van der Waals surface area contributed by atoms with Gasteiger partial charge in [0.15, 0.2) is 0 Å². The van der Waals surface area contributed by atoms with Crippen molar-refractivity contribution in [3.8, 4) is 0 Å². The predicted molar refractivity (Wildman–Crippen MR) is 69.7 cm³/mol. The third-order valence-corrected chi connectivity index (χ3v) is 3.09. The van der Waals surface area contributed by atoms with E-state index in [2.05, 4.69) is 35.4 Å². The molecule has 1 aliphatic rings. The number of hydrogen-bond donors (Lipinski definition) is 1. The summed E-state index contributed by atoms with van der Waals surface area (Å²) in [5, 5.41) is 3.42. The molecule has 0 spiro atoms. The molecule has 0 amide bonds. The first-order valence-corrected chi connectivity index (χ1v) is 6.53. The Morgan fingerprint density at radius 1 is 1.41 bits per heavy atom. The van der Waals surface area contributed by atoms with Crippen molar-refractivity contribution >= 4 is 0 Å². The van der Waals surface area contributed by atoms with Crippen molar-refractivity contribution in [2.75, 3.05) is 19.6 Å². The highest BCUT2D eigenvalue weighted by atomic mass is 16.3. The molecule has 0 radical (unpaired) electrons. The number of rotatable bonds is 6. The van der Waals surface area contributed by atoms with Gasteiger partial charge >= 0.3 is 0 Å². The summed E-state index contributed by atoms with van der Waals surface area (Å²) in [5.41, 5.74) is 1.30. The normalized spacial score (nSPS) is 16.5. The maximum atomic E-state index is 5.59. The lowest BCUT2D eigenvalue weighted by Gasteiger charge is -2.22. The molecule has 17 heavy (non-hydrogen) atoms. The summed E-state index contributed by atoms with van der Waals surface area (Å²) in [4.78, 5) is 2.42. The van der Waals surface area contributed by atoms with Crippen LogP contribution in [0.15, 0.2) is 28.9 Å². The van der Waals surface area contributed by atoms with Crippen LogP contribution in [0.1, 0.15) is 31.1 Å². The Labute approximate surface area is 103 Å². The fourth-order valence-electron chi connectivity index (χ4n) is 2.10. The molecule has 1 aliphatic heterocycles. The summed E-state index contributed by atoms with van der Waals surface area (Å²) in [6.07, 6.45) is 8.62. The summed E-state index contributed by atoms with van der Waals surface area (Å²) in [7, 11) is 0. The lowest BCUT2D eigenvalue weighted by molar-refractivity contribution is 0.263. The molecule has 0 unspecified atom stereocenters. The van der Waals surface area contributed by atoms with Crippen LogP contribution in [-0.2, 0) is 13.1 Å². The zero-order valence-electron chi connectivity index (χ0n) is 10.6. The largest absolute Gasteiger partial charge is 0.468 e. The van der Waals surface area contributed by atoms with E-state index < -0.39 is 0 Å². The van der Waals surface area contributed by atoms with Crippen molar-refractivity contribution in [1.82, 2.24) is 10.2 Å². The molecule has 1 aromatic rings. The molecular weight excluding hydrogens is 212 g/mol. The van der Waals surface area contributed by atoms with E-state index in [0.717, 1.165) is 44.9 Å². The van der Waals surface area contributed by atoms with Crippen LogP contribution in [0.5, 0.6) is 0 Å². The smallest absolute Gasteiger partial charge is 0.122 e. The molecule has 1 aromatic heterocycles. The predicted octanol–water partition coefficient (Wildman–Crippen LogP) is 2.54. The van der Waals surface area contributed by atoms with Gasteiger partial charge in [0.25, 0.3) is 0 Å². The molecule has 1 N–H and O–H groups in total. The molecule has 0 fully saturated rings. The Morgan fingerprint density at radius 2 is 2.35 bits per heavy atom. The average Bonchev–Trinajstić information content (AvgIpc) is 2.79. The lowest BCUT2D eigenvalue weighted by atomic mass is 10.2. The zero-order valence-corrected chi connectivity index (χ0v) is 10.6. The van der Waals surface area contributed by atoms with Crippen LogP contribution >= 0.6 is 0 Å². The Bertz CT molecular complexity index is 357. The molecule has 0 bridgehead atoms. The Hall–Kier alpha value is -1.06. The van der Waals surface area contributed by atoms with Gasteiger partial charge in [-0.3, -0.25) is 4.90 Å². The van der Waals surface area contributed by atoms with Crippen LogP contribution in [0.3, 0.4) is 0 Å². The van der Waals surface area contributed by atoms with Gasteiger partial charge in [-0.15, -0.1) is 0 Å². The van der Waals surface area contributed by atoms with E-state index in [1.54, 1.807) is 6.26 Å². The summed E-state index contributed by atoms with van der Waals surface area (Å²) in [6, 6.07) is 2.08. The van der Waals surface area contributed by atoms with E-state index in [1.165, 1.54) is 12.0 Å². The second-order valence-electron chi connectivity index (χ2n) is 4.54. The third kappa shape index (κ3) is 3.72. The Balaban J connectivity index is 1.87. The number of nitrogens with zero attached hydrogens (tertiary/aromatic N) is 1. The summed E-state index contributed by atoms with van der Waals surface area (Å²) < 4.78 is 5.59. The highest BCUT2D eigenvalue weighted by Crippen LogP contribution is 2.14.